The third kappa shape index (κ3) is 5.35. The molecule has 0 aromatic heterocycles. The van der Waals surface area contributed by atoms with Crippen LogP contribution in [0.1, 0.15) is 24.1 Å². The first-order chi connectivity index (χ1) is 12.8. The standard InChI is InChI=1S/C18H20F2NO5P/c1-2-26-27(23,24)18(19,20)16(15-11-7-4-8-12-15)21-17(22)25-13-14-9-5-3-6-10-14/h3-12,16H,2,13H2,1H3,(H,21,22)(H,23,24)/t16-/m1/s1. The molecule has 1 amide bonds. The van der Waals surface area contributed by atoms with E-state index in [-0.39, 0.29) is 18.8 Å². The number of halogens is 2. The molecule has 0 spiro atoms. The molecule has 1 unspecified atom stereocenters. The average molecular weight is 399 g/mol. The van der Waals surface area contributed by atoms with Gasteiger partial charge in [0, 0.05) is 0 Å². The van der Waals surface area contributed by atoms with Crippen LogP contribution in [0.25, 0.3) is 0 Å². The van der Waals surface area contributed by atoms with E-state index in [1.54, 1.807) is 36.4 Å². The molecule has 0 aliphatic carbocycles. The van der Waals surface area contributed by atoms with Gasteiger partial charge in [-0.2, -0.15) is 8.78 Å². The van der Waals surface area contributed by atoms with Crippen molar-refractivity contribution in [3.63, 3.8) is 0 Å². The van der Waals surface area contributed by atoms with Gasteiger partial charge in [0.05, 0.1) is 6.61 Å². The second-order valence-corrected chi connectivity index (χ2v) is 7.47. The van der Waals surface area contributed by atoms with Crippen molar-refractivity contribution >= 4 is 13.7 Å². The molecular formula is C18H20F2NO5P. The molecule has 2 N–H and O–H groups in total. The number of hydrogen-bond donors (Lipinski definition) is 2. The molecule has 9 heteroatoms. The Hall–Kier alpha value is -2.28. The first-order valence-corrected chi connectivity index (χ1v) is 9.73. The van der Waals surface area contributed by atoms with E-state index in [4.69, 9.17) is 4.74 Å². The lowest BCUT2D eigenvalue weighted by molar-refractivity contribution is 0.0105. The van der Waals surface area contributed by atoms with Gasteiger partial charge in [-0.15, -0.1) is 0 Å². The van der Waals surface area contributed by atoms with Gasteiger partial charge in [0.1, 0.15) is 12.6 Å². The van der Waals surface area contributed by atoms with Gasteiger partial charge in [0.2, 0.25) is 0 Å². The van der Waals surface area contributed by atoms with Gasteiger partial charge in [-0.3, -0.25) is 4.57 Å². The number of carbonyl (C=O) groups is 1. The van der Waals surface area contributed by atoms with E-state index < -0.39 is 25.4 Å². The molecule has 6 nitrogen and oxygen atoms in total. The molecule has 0 bridgehead atoms. The number of benzene rings is 2. The van der Waals surface area contributed by atoms with Crippen molar-refractivity contribution in [1.82, 2.24) is 5.32 Å². The van der Waals surface area contributed by atoms with Gasteiger partial charge in [0.25, 0.3) is 0 Å². The van der Waals surface area contributed by atoms with Gasteiger partial charge < -0.3 is 19.5 Å². The number of ether oxygens (including phenoxy) is 1. The summed E-state index contributed by atoms with van der Waals surface area (Å²) in [5, 5.41) is 1.98. The Morgan fingerprint density at radius 1 is 1.15 bits per heavy atom. The zero-order valence-electron chi connectivity index (χ0n) is 14.5. The number of alkyl halides is 2. The molecule has 146 valence electrons. The Morgan fingerprint density at radius 2 is 1.70 bits per heavy atom. The Balaban J connectivity index is 2.20. The van der Waals surface area contributed by atoms with Crippen molar-refractivity contribution in [2.24, 2.45) is 0 Å². The summed E-state index contributed by atoms with van der Waals surface area (Å²) in [5.74, 6) is 0. The summed E-state index contributed by atoms with van der Waals surface area (Å²) in [6.45, 7) is 0.795. The molecule has 2 rings (SSSR count). The Bertz CT molecular complexity index is 789. The van der Waals surface area contributed by atoms with Gasteiger partial charge >= 0.3 is 19.4 Å². The number of rotatable bonds is 8. The fraction of sp³-hybridized carbons (Fsp3) is 0.278. The second kappa shape index (κ2) is 9.08. The predicted molar refractivity (Wildman–Crippen MR) is 95.3 cm³/mol. The Kier molecular flexibility index (Phi) is 7.07. The molecule has 0 saturated heterocycles. The smallest absolute Gasteiger partial charge is 0.408 e. The number of carbonyl (C=O) groups excluding carboxylic acids is 1. The predicted octanol–water partition coefficient (Wildman–Crippen LogP) is 4.47. The van der Waals surface area contributed by atoms with Crippen molar-refractivity contribution < 1.29 is 32.3 Å². The maximum Gasteiger partial charge on any atom is 0.408 e. The summed E-state index contributed by atoms with van der Waals surface area (Å²) < 4.78 is 50.8. The third-order valence-electron chi connectivity index (χ3n) is 3.64. The third-order valence-corrected chi connectivity index (χ3v) is 5.26. The van der Waals surface area contributed by atoms with E-state index in [1.165, 1.54) is 31.2 Å². The Morgan fingerprint density at radius 3 is 2.26 bits per heavy atom. The van der Waals surface area contributed by atoms with Crippen molar-refractivity contribution in [2.75, 3.05) is 6.61 Å². The average Bonchev–Trinajstić information content (AvgIpc) is 2.65. The molecule has 0 aliphatic heterocycles. The molecule has 0 fully saturated rings. The maximum atomic E-state index is 14.8. The van der Waals surface area contributed by atoms with E-state index in [0.717, 1.165) is 0 Å². The van der Waals surface area contributed by atoms with Gasteiger partial charge in [-0.05, 0) is 18.1 Å². The molecular weight excluding hydrogens is 379 g/mol. The first-order valence-electron chi connectivity index (χ1n) is 8.15. The summed E-state index contributed by atoms with van der Waals surface area (Å²) in [4.78, 5) is 21.7. The van der Waals surface area contributed by atoms with Crippen LogP contribution in [0.2, 0.25) is 0 Å². The van der Waals surface area contributed by atoms with Gasteiger partial charge in [-0.1, -0.05) is 60.7 Å². The summed E-state index contributed by atoms with van der Waals surface area (Å²) in [7, 11) is -5.35. The first kappa shape index (κ1) is 21.0. The fourth-order valence-electron chi connectivity index (χ4n) is 2.32. The number of hydrogen-bond acceptors (Lipinski definition) is 4. The summed E-state index contributed by atoms with van der Waals surface area (Å²) in [6.07, 6.45) is -1.15. The van der Waals surface area contributed by atoms with Crippen LogP contribution in [0.3, 0.4) is 0 Å². The molecule has 0 radical (unpaired) electrons. The minimum Gasteiger partial charge on any atom is -0.445 e. The van der Waals surface area contributed by atoms with E-state index in [2.05, 4.69) is 4.52 Å². The van der Waals surface area contributed by atoms with Crippen LogP contribution < -0.4 is 5.32 Å². The second-order valence-electron chi connectivity index (χ2n) is 5.58. The summed E-state index contributed by atoms with van der Waals surface area (Å²) >= 11 is 0. The Labute approximate surface area is 155 Å². The summed E-state index contributed by atoms with van der Waals surface area (Å²) in [5.41, 5.74) is -3.66. The molecule has 2 aromatic rings. The van der Waals surface area contributed by atoms with Crippen molar-refractivity contribution in [2.45, 2.75) is 25.2 Å². The van der Waals surface area contributed by atoms with Crippen LogP contribution in [0, 0.1) is 0 Å². The topological polar surface area (TPSA) is 84.9 Å². The monoisotopic (exact) mass is 399 g/mol. The van der Waals surface area contributed by atoms with Crippen LogP contribution in [0.5, 0.6) is 0 Å². The minimum atomic E-state index is -5.35. The molecule has 0 saturated carbocycles. The summed E-state index contributed by atoms with van der Waals surface area (Å²) in [6, 6.07) is 13.7. The van der Waals surface area contributed by atoms with Crippen molar-refractivity contribution in [3.8, 4) is 0 Å². The quantitative estimate of drug-likeness (QED) is 0.640. The number of nitrogens with one attached hydrogen (secondary N) is 1. The molecule has 0 heterocycles. The molecule has 2 atom stereocenters. The highest BCUT2D eigenvalue weighted by molar-refractivity contribution is 7.54. The van der Waals surface area contributed by atoms with Crippen LogP contribution >= 0.6 is 7.60 Å². The van der Waals surface area contributed by atoms with Crippen molar-refractivity contribution in [3.05, 3.63) is 71.8 Å². The van der Waals surface area contributed by atoms with E-state index in [0.29, 0.717) is 5.56 Å². The lowest BCUT2D eigenvalue weighted by Gasteiger charge is -2.30. The van der Waals surface area contributed by atoms with E-state index in [1.807, 2.05) is 5.32 Å². The zero-order chi connectivity index (χ0) is 19.9. The van der Waals surface area contributed by atoms with Crippen LogP contribution in [-0.4, -0.2) is 23.3 Å². The molecule has 27 heavy (non-hydrogen) atoms. The zero-order valence-corrected chi connectivity index (χ0v) is 15.4. The lowest BCUT2D eigenvalue weighted by atomic mass is 10.1. The van der Waals surface area contributed by atoms with Gasteiger partial charge in [0.15, 0.2) is 0 Å². The lowest BCUT2D eigenvalue weighted by Crippen LogP contribution is -2.41. The minimum absolute atomic E-state index is 0.0619. The van der Waals surface area contributed by atoms with Crippen LogP contribution in [0.15, 0.2) is 60.7 Å². The molecule has 0 aliphatic rings. The number of amides is 1. The highest BCUT2D eigenvalue weighted by Gasteiger charge is 2.58. The highest BCUT2D eigenvalue weighted by Crippen LogP contribution is 2.62. The normalized spacial score (nSPS) is 14.8. The maximum absolute atomic E-state index is 14.8. The largest absolute Gasteiger partial charge is 0.445 e. The van der Waals surface area contributed by atoms with E-state index >= 15 is 0 Å². The highest BCUT2D eigenvalue weighted by atomic mass is 31.2. The van der Waals surface area contributed by atoms with Crippen LogP contribution in [0.4, 0.5) is 13.6 Å². The fourth-order valence-corrected chi connectivity index (χ4v) is 3.39. The molecule has 2 aromatic carbocycles. The van der Waals surface area contributed by atoms with Gasteiger partial charge in [-0.25, -0.2) is 4.79 Å². The van der Waals surface area contributed by atoms with Crippen LogP contribution in [-0.2, 0) is 20.4 Å². The SMILES string of the molecule is CCOP(=O)(O)C(F)(F)[C@H](NC(=O)OCc1ccccc1)c1ccccc1. The number of alkyl carbamates (subject to hydrolysis) is 1. The van der Waals surface area contributed by atoms with E-state index in [9.17, 15) is 23.0 Å². The van der Waals surface area contributed by atoms with Crippen molar-refractivity contribution in [1.29, 1.82) is 0 Å².